The number of hydrogen-bond donors (Lipinski definition) is 1. The molecule has 0 aliphatic carbocycles. The maximum atomic E-state index is 11.5. The zero-order valence-electron chi connectivity index (χ0n) is 12.9. The second-order valence-corrected chi connectivity index (χ2v) is 8.19. The fourth-order valence-electron chi connectivity index (χ4n) is 2.52. The molecule has 5 nitrogen and oxygen atoms in total. The fourth-order valence-corrected chi connectivity index (χ4v) is 3.34. The minimum absolute atomic E-state index is 0.184. The molecule has 0 aromatic carbocycles. The first-order valence-corrected chi connectivity index (χ1v) is 8.92. The summed E-state index contributed by atoms with van der Waals surface area (Å²) in [5.41, 5.74) is 0.184. The van der Waals surface area contributed by atoms with E-state index in [4.69, 9.17) is 0 Å². The maximum absolute atomic E-state index is 11.5. The van der Waals surface area contributed by atoms with Crippen LogP contribution in [0.4, 0.5) is 0 Å². The summed E-state index contributed by atoms with van der Waals surface area (Å²) in [6.45, 7) is 13.7. The lowest BCUT2D eigenvalue weighted by atomic mass is 9.84. The molecule has 6 heteroatoms. The highest BCUT2D eigenvalue weighted by molar-refractivity contribution is 7.88. The minimum Gasteiger partial charge on any atom is -0.314 e. The normalized spacial score (nSPS) is 21.5. The van der Waals surface area contributed by atoms with Crippen molar-refractivity contribution in [2.24, 2.45) is 5.41 Å². The third-order valence-electron chi connectivity index (χ3n) is 4.11. The average Bonchev–Trinajstić information content (AvgIpc) is 2.28. The largest absolute Gasteiger partial charge is 0.314 e. The van der Waals surface area contributed by atoms with E-state index >= 15 is 0 Å². The van der Waals surface area contributed by atoms with Crippen molar-refractivity contribution in [3.05, 3.63) is 0 Å². The third kappa shape index (κ3) is 5.02. The van der Waals surface area contributed by atoms with Crippen molar-refractivity contribution in [3.63, 3.8) is 0 Å². The van der Waals surface area contributed by atoms with Gasteiger partial charge in [0.05, 0.1) is 6.26 Å². The molecule has 0 aromatic rings. The van der Waals surface area contributed by atoms with Gasteiger partial charge in [-0.1, -0.05) is 20.8 Å². The molecule has 1 rings (SSSR count). The van der Waals surface area contributed by atoms with Gasteiger partial charge < -0.3 is 10.2 Å². The van der Waals surface area contributed by atoms with Crippen molar-refractivity contribution < 1.29 is 8.42 Å². The zero-order chi connectivity index (χ0) is 14.7. The predicted octanol–water partition coefficient (Wildman–Crippen LogP) is 0.588. The lowest BCUT2D eigenvalue weighted by Gasteiger charge is -2.40. The Labute approximate surface area is 118 Å². The van der Waals surface area contributed by atoms with Crippen LogP contribution in [0.3, 0.4) is 0 Å². The van der Waals surface area contributed by atoms with Crippen LogP contribution < -0.4 is 5.32 Å². The van der Waals surface area contributed by atoms with E-state index < -0.39 is 10.0 Å². The van der Waals surface area contributed by atoms with Crippen LogP contribution >= 0.6 is 0 Å². The van der Waals surface area contributed by atoms with Crippen molar-refractivity contribution in [2.75, 3.05) is 45.5 Å². The average molecular weight is 291 g/mol. The summed E-state index contributed by atoms with van der Waals surface area (Å²) in [4.78, 5) is 2.37. The first-order valence-electron chi connectivity index (χ1n) is 7.07. The Morgan fingerprint density at radius 2 is 1.74 bits per heavy atom. The number of rotatable bonds is 6. The number of nitrogens with zero attached hydrogens (tertiary/aromatic N) is 2. The van der Waals surface area contributed by atoms with E-state index in [1.54, 1.807) is 4.31 Å². The van der Waals surface area contributed by atoms with Crippen LogP contribution in [0.25, 0.3) is 0 Å². The molecule has 1 atom stereocenters. The van der Waals surface area contributed by atoms with E-state index in [1.807, 2.05) is 0 Å². The van der Waals surface area contributed by atoms with Crippen molar-refractivity contribution in [3.8, 4) is 0 Å². The van der Waals surface area contributed by atoms with Crippen molar-refractivity contribution in [1.82, 2.24) is 14.5 Å². The molecule has 114 valence electrons. The molecule has 0 saturated carbocycles. The minimum atomic E-state index is -3.02. The Hall–Kier alpha value is -0.170. The van der Waals surface area contributed by atoms with E-state index in [-0.39, 0.29) is 5.41 Å². The molecule has 0 spiro atoms. The Bertz CT molecular complexity index is 373. The van der Waals surface area contributed by atoms with Crippen LogP contribution in [0.1, 0.15) is 27.7 Å². The molecule has 1 fully saturated rings. The summed E-state index contributed by atoms with van der Waals surface area (Å²) in [7, 11) is -3.02. The third-order valence-corrected chi connectivity index (χ3v) is 5.42. The summed E-state index contributed by atoms with van der Waals surface area (Å²) in [5.74, 6) is 0. The summed E-state index contributed by atoms with van der Waals surface area (Å²) in [6.07, 6.45) is 1.29. The van der Waals surface area contributed by atoms with Gasteiger partial charge in [-0.05, 0) is 18.9 Å². The molecule has 19 heavy (non-hydrogen) atoms. The van der Waals surface area contributed by atoms with Gasteiger partial charge in [0.2, 0.25) is 10.0 Å². The zero-order valence-corrected chi connectivity index (χ0v) is 13.8. The summed E-state index contributed by atoms with van der Waals surface area (Å²) in [6, 6.07) is 0.449. The molecule has 0 radical (unpaired) electrons. The van der Waals surface area contributed by atoms with Crippen molar-refractivity contribution in [1.29, 1.82) is 0 Å². The number of sulfonamides is 1. The standard InChI is InChI=1S/C13H29N3O2S/c1-6-14-12(2)13(3,4)11-15-7-9-16(10-8-15)19(5,17)18/h12,14H,6-11H2,1-5H3. The number of hydrogen-bond acceptors (Lipinski definition) is 4. The monoisotopic (exact) mass is 291 g/mol. The summed E-state index contributed by atoms with van der Waals surface area (Å²) >= 11 is 0. The van der Waals surface area contributed by atoms with Gasteiger partial charge in [0.1, 0.15) is 0 Å². The van der Waals surface area contributed by atoms with E-state index in [0.717, 1.165) is 26.2 Å². The molecule has 0 bridgehead atoms. The Balaban J connectivity index is 2.48. The van der Waals surface area contributed by atoms with Gasteiger partial charge in [0.15, 0.2) is 0 Å². The highest BCUT2D eigenvalue weighted by Crippen LogP contribution is 2.23. The van der Waals surface area contributed by atoms with Gasteiger partial charge in [-0.15, -0.1) is 0 Å². The van der Waals surface area contributed by atoms with Gasteiger partial charge in [-0.25, -0.2) is 8.42 Å². The van der Waals surface area contributed by atoms with Gasteiger partial charge in [0, 0.05) is 38.8 Å². The Kier molecular flexibility index (Phi) is 5.79. The first kappa shape index (κ1) is 16.9. The molecular formula is C13H29N3O2S. The quantitative estimate of drug-likeness (QED) is 0.778. The predicted molar refractivity (Wildman–Crippen MR) is 79.8 cm³/mol. The van der Waals surface area contributed by atoms with Crippen molar-refractivity contribution in [2.45, 2.75) is 33.7 Å². The van der Waals surface area contributed by atoms with E-state index in [0.29, 0.717) is 19.1 Å². The number of nitrogens with one attached hydrogen (secondary N) is 1. The molecule has 0 aromatic heterocycles. The second-order valence-electron chi connectivity index (χ2n) is 6.21. The maximum Gasteiger partial charge on any atom is 0.211 e. The van der Waals surface area contributed by atoms with Crippen LogP contribution in [0, 0.1) is 5.41 Å². The van der Waals surface area contributed by atoms with Gasteiger partial charge >= 0.3 is 0 Å². The first-order chi connectivity index (χ1) is 8.66. The SMILES string of the molecule is CCNC(C)C(C)(C)CN1CCN(S(C)(=O)=O)CC1. The van der Waals surface area contributed by atoms with Crippen LogP contribution in [0.2, 0.25) is 0 Å². The molecule has 1 saturated heterocycles. The highest BCUT2D eigenvalue weighted by atomic mass is 32.2. The Morgan fingerprint density at radius 3 is 2.16 bits per heavy atom. The molecule has 0 amide bonds. The van der Waals surface area contributed by atoms with E-state index in [9.17, 15) is 8.42 Å². The molecule has 1 aliphatic heterocycles. The molecule has 1 aliphatic rings. The van der Waals surface area contributed by atoms with Crippen LogP contribution in [-0.4, -0.2) is 69.2 Å². The Morgan fingerprint density at radius 1 is 1.21 bits per heavy atom. The van der Waals surface area contributed by atoms with E-state index in [2.05, 4.69) is 37.9 Å². The fraction of sp³-hybridized carbons (Fsp3) is 1.00. The second kappa shape index (κ2) is 6.52. The molecular weight excluding hydrogens is 262 g/mol. The lowest BCUT2D eigenvalue weighted by Crippen LogP contribution is -2.53. The molecule has 1 heterocycles. The summed E-state index contributed by atoms with van der Waals surface area (Å²) in [5, 5.41) is 3.48. The lowest BCUT2D eigenvalue weighted by molar-refractivity contribution is 0.111. The van der Waals surface area contributed by atoms with Crippen molar-refractivity contribution >= 4 is 10.0 Å². The van der Waals surface area contributed by atoms with Gasteiger partial charge in [-0.3, -0.25) is 0 Å². The molecule has 1 N–H and O–H groups in total. The highest BCUT2D eigenvalue weighted by Gasteiger charge is 2.30. The van der Waals surface area contributed by atoms with Crippen LogP contribution in [0.15, 0.2) is 0 Å². The van der Waals surface area contributed by atoms with Crippen LogP contribution in [0.5, 0.6) is 0 Å². The van der Waals surface area contributed by atoms with Gasteiger partial charge in [-0.2, -0.15) is 4.31 Å². The topological polar surface area (TPSA) is 52.6 Å². The van der Waals surface area contributed by atoms with Crippen LogP contribution in [-0.2, 0) is 10.0 Å². The number of piperazine rings is 1. The smallest absolute Gasteiger partial charge is 0.211 e. The van der Waals surface area contributed by atoms with Gasteiger partial charge in [0.25, 0.3) is 0 Å². The molecule has 1 unspecified atom stereocenters. The van der Waals surface area contributed by atoms with E-state index in [1.165, 1.54) is 6.26 Å². The summed E-state index contributed by atoms with van der Waals surface area (Å²) < 4.78 is 24.5.